The topological polar surface area (TPSA) is 181 Å². The molecule has 0 aliphatic rings. The van der Waals surface area contributed by atoms with Crippen molar-refractivity contribution in [2.45, 2.75) is 0 Å². The fourth-order valence-corrected chi connectivity index (χ4v) is 1.94. The molecular weight excluding hydrogens is 555 g/mol. The Morgan fingerprint density at radius 2 is 0.677 bits per heavy atom. The van der Waals surface area contributed by atoms with E-state index < -0.39 is 17.9 Å². The molecule has 3 aromatic rings. The maximum Gasteiger partial charge on any atom is 3.00 e. The Kier molecular flexibility index (Phi) is 12.4. The summed E-state index contributed by atoms with van der Waals surface area (Å²) in [5.41, 5.74) is -0.535. The molecule has 0 atom stereocenters. The van der Waals surface area contributed by atoms with Crippen LogP contribution in [0.5, 0.6) is 17.2 Å². The summed E-state index contributed by atoms with van der Waals surface area (Å²) >= 11 is 0. The van der Waals surface area contributed by atoms with Crippen molar-refractivity contribution in [2.75, 3.05) is 0 Å². The number of phenols is 3. The van der Waals surface area contributed by atoms with Gasteiger partial charge in [0.1, 0.15) is 17.2 Å². The van der Waals surface area contributed by atoms with Crippen LogP contribution < -0.4 is 15.3 Å². The number of carbonyl (C=O) groups excluding carboxylic acids is 3. The Balaban J connectivity index is 0.000000429. The Labute approximate surface area is 207 Å². The number of carboxylic acid groups (broad SMARTS) is 3. The Hall–Kier alpha value is -3.24. The van der Waals surface area contributed by atoms with Crippen molar-refractivity contribution in [1.82, 2.24) is 0 Å². The molecule has 0 aliphatic heterocycles. The van der Waals surface area contributed by atoms with Crippen LogP contribution in [0.25, 0.3) is 0 Å². The van der Waals surface area contributed by atoms with E-state index in [-0.39, 0.29) is 72.6 Å². The summed E-state index contributed by atoms with van der Waals surface area (Å²) in [6, 6.07) is 16.9. The molecule has 0 saturated heterocycles. The van der Waals surface area contributed by atoms with Crippen molar-refractivity contribution in [1.29, 1.82) is 0 Å². The van der Waals surface area contributed by atoms with Gasteiger partial charge in [0.05, 0.1) is 17.9 Å². The van der Waals surface area contributed by atoms with E-state index in [9.17, 15) is 29.7 Å². The van der Waals surface area contributed by atoms with Gasteiger partial charge in [-0.2, -0.15) is 0 Å². The third-order valence-corrected chi connectivity index (χ3v) is 3.37. The minimum Gasteiger partial charge on any atom is -0.545 e. The summed E-state index contributed by atoms with van der Waals surface area (Å²) in [6.07, 6.45) is 0. The van der Waals surface area contributed by atoms with Crippen molar-refractivity contribution < 1.29 is 83.6 Å². The van der Waals surface area contributed by atoms with Gasteiger partial charge in [-0.05, 0) is 36.4 Å². The van der Waals surface area contributed by atoms with E-state index in [0.717, 1.165) is 0 Å². The van der Waals surface area contributed by atoms with E-state index in [4.69, 9.17) is 15.3 Å². The predicted molar refractivity (Wildman–Crippen MR) is 97.3 cm³/mol. The Bertz CT molecular complexity index is 903. The number of aromatic hydroxyl groups is 3. The third kappa shape index (κ3) is 9.40. The summed E-state index contributed by atoms with van der Waals surface area (Å²) in [5.74, 6) is -4.87. The fourth-order valence-electron chi connectivity index (χ4n) is 1.94. The number of hydrogen-bond acceptors (Lipinski definition) is 9. The van der Waals surface area contributed by atoms with Crippen molar-refractivity contribution in [3.8, 4) is 17.2 Å². The van der Waals surface area contributed by atoms with E-state index in [2.05, 4.69) is 0 Å². The van der Waals surface area contributed by atoms with Crippen LogP contribution in [0.3, 0.4) is 0 Å². The van der Waals surface area contributed by atoms with Crippen LogP contribution in [0.2, 0.25) is 0 Å². The average molecular weight is 570 g/mol. The second-order valence-corrected chi connectivity index (χ2v) is 5.41. The standard InChI is InChI=1S/3C7H6O3.Tb/c3*8-6-4-2-1-3-5(6)7(9)10;/h3*1-4,8H,(H,9,10);/q;;;+3/p-3. The largest absolute Gasteiger partial charge is 3.00 e. The summed E-state index contributed by atoms with van der Waals surface area (Å²) in [6.45, 7) is 0. The molecule has 0 bridgehead atoms. The molecule has 0 unspecified atom stereocenters. The third-order valence-electron chi connectivity index (χ3n) is 3.37. The molecule has 3 N–H and O–H groups in total. The molecule has 9 nitrogen and oxygen atoms in total. The second-order valence-electron chi connectivity index (χ2n) is 5.41. The predicted octanol–water partition coefficient (Wildman–Crippen LogP) is -0.733. The summed E-state index contributed by atoms with van der Waals surface area (Å²) in [4.78, 5) is 30.5. The Morgan fingerprint density at radius 1 is 0.484 bits per heavy atom. The molecular formula is C21H15O9Tb. The number of aromatic carboxylic acids is 3. The number of carboxylic acids is 3. The zero-order valence-corrected chi connectivity index (χ0v) is 17.7. The summed E-state index contributed by atoms with van der Waals surface area (Å²) < 4.78 is 0. The number of rotatable bonds is 3. The summed E-state index contributed by atoms with van der Waals surface area (Å²) in [7, 11) is 0. The van der Waals surface area contributed by atoms with Crippen LogP contribution >= 0.6 is 0 Å². The fraction of sp³-hybridized carbons (Fsp3) is 0. The first kappa shape index (κ1) is 27.8. The molecule has 0 heterocycles. The van der Waals surface area contributed by atoms with Crippen LogP contribution in [0.1, 0.15) is 31.1 Å². The van der Waals surface area contributed by atoms with Crippen LogP contribution in [0.4, 0.5) is 0 Å². The quantitative estimate of drug-likeness (QED) is 0.366. The maximum absolute atomic E-state index is 10.2. The van der Waals surface area contributed by atoms with Gasteiger partial charge in [-0.1, -0.05) is 36.4 Å². The van der Waals surface area contributed by atoms with Crippen LogP contribution in [-0.4, -0.2) is 33.2 Å². The first-order valence-corrected chi connectivity index (χ1v) is 8.13. The molecule has 162 valence electrons. The van der Waals surface area contributed by atoms with E-state index >= 15 is 0 Å². The normalized spacial score (nSPS) is 8.90. The van der Waals surface area contributed by atoms with Gasteiger partial charge in [0.25, 0.3) is 0 Å². The van der Waals surface area contributed by atoms with Gasteiger partial charge in [0.15, 0.2) is 0 Å². The maximum atomic E-state index is 10.2. The number of para-hydroxylation sites is 3. The van der Waals surface area contributed by atoms with Crippen molar-refractivity contribution in [3.63, 3.8) is 0 Å². The molecule has 31 heavy (non-hydrogen) atoms. The van der Waals surface area contributed by atoms with Crippen LogP contribution in [0.15, 0.2) is 72.8 Å². The molecule has 0 spiro atoms. The minimum absolute atomic E-state index is 0. The number of benzene rings is 3. The molecule has 0 radical (unpaired) electrons. The van der Waals surface area contributed by atoms with Crippen LogP contribution in [0, 0.1) is 38.6 Å². The molecule has 0 aromatic heterocycles. The van der Waals surface area contributed by atoms with Gasteiger partial charge < -0.3 is 45.0 Å². The minimum atomic E-state index is -1.36. The van der Waals surface area contributed by atoms with E-state index in [1.807, 2.05) is 0 Å². The number of carbonyl (C=O) groups is 3. The van der Waals surface area contributed by atoms with Crippen LogP contribution in [-0.2, 0) is 0 Å². The van der Waals surface area contributed by atoms with E-state index in [1.54, 1.807) is 18.2 Å². The zero-order chi connectivity index (χ0) is 22.7. The van der Waals surface area contributed by atoms with Crippen molar-refractivity contribution in [2.24, 2.45) is 0 Å². The van der Waals surface area contributed by atoms with E-state index in [1.165, 1.54) is 54.6 Å². The van der Waals surface area contributed by atoms with Gasteiger partial charge >= 0.3 is 38.6 Å². The van der Waals surface area contributed by atoms with Gasteiger partial charge in [-0.3, -0.25) is 0 Å². The van der Waals surface area contributed by atoms with Gasteiger partial charge in [0, 0.05) is 16.7 Å². The SMILES string of the molecule is O=C([O-])c1ccccc1O.O=C([O-])c1ccccc1O.O=C([O-])c1ccccc1O.[Tb+3]. The number of hydrogen-bond donors (Lipinski definition) is 3. The first-order chi connectivity index (χ1) is 14.1. The molecule has 10 heteroatoms. The zero-order valence-electron chi connectivity index (χ0n) is 15.6. The molecule has 0 amide bonds. The van der Waals surface area contributed by atoms with Gasteiger partial charge in [0.2, 0.25) is 0 Å². The first-order valence-electron chi connectivity index (χ1n) is 8.13. The molecule has 3 aromatic carbocycles. The van der Waals surface area contributed by atoms with Gasteiger partial charge in [-0.15, -0.1) is 0 Å². The second kappa shape index (κ2) is 13.9. The van der Waals surface area contributed by atoms with Gasteiger partial charge in [-0.25, -0.2) is 0 Å². The van der Waals surface area contributed by atoms with Crippen molar-refractivity contribution >= 4 is 17.9 Å². The van der Waals surface area contributed by atoms with Crippen molar-refractivity contribution in [3.05, 3.63) is 89.5 Å². The van der Waals surface area contributed by atoms with E-state index in [0.29, 0.717) is 0 Å². The molecule has 0 aliphatic carbocycles. The Morgan fingerprint density at radius 3 is 0.806 bits per heavy atom. The smallest absolute Gasteiger partial charge is 0.545 e. The monoisotopic (exact) mass is 570 g/mol. The average Bonchev–Trinajstić information content (AvgIpc) is 2.69. The summed E-state index contributed by atoms with van der Waals surface area (Å²) in [5, 5.41) is 57.0. The molecule has 0 fully saturated rings. The molecule has 3 rings (SSSR count). The molecule has 0 saturated carbocycles.